The highest BCUT2D eigenvalue weighted by molar-refractivity contribution is 6.00. The number of nitrogens with zero attached hydrogens (tertiary/aromatic N) is 2. The maximum atomic E-state index is 14.2. The van der Waals surface area contributed by atoms with Crippen LogP contribution in [0.15, 0.2) is 59.6 Å². The van der Waals surface area contributed by atoms with Gasteiger partial charge in [0.05, 0.1) is 0 Å². The van der Waals surface area contributed by atoms with E-state index in [1.807, 2.05) is 31.2 Å². The smallest absolute Gasteiger partial charge is 0.200 e. The number of aliphatic imine (C=N–C) groups is 1. The van der Waals surface area contributed by atoms with E-state index >= 15 is 0 Å². The lowest BCUT2D eigenvalue weighted by Gasteiger charge is -2.19. The number of aryl methyl sites for hydroxylation is 1. The first-order valence-corrected chi connectivity index (χ1v) is 7.48. The van der Waals surface area contributed by atoms with Crippen molar-refractivity contribution in [2.24, 2.45) is 10.7 Å². The fraction of sp³-hybridized carbons (Fsp3) is 0.105. The summed E-state index contributed by atoms with van der Waals surface area (Å²) in [4.78, 5) is 5.87. The van der Waals surface area contributed by atoms with Crippen molar-refractivity contribution in [3.05, 3.63) is 71.8 Å². The molecule has 2 N–H and O–H groups in total. The predicted molar refractivity (Wildman–Crippen MR) is 94.7 cm³/mol. The number of fused-ring (bicyclic) bond motifs is 1. The van der Waals surface area contributed by atoms with Crippen LogP contribution in [-0.4, -0.2) is 13.0 Å². The van der Waals surface area contributed by atoms with E-state index in [1.165, 1.54) is 0 Å². The van der Waals surface area contributed by atoms with Gasteiger partial charge in [-0.2, -0.15) is 0 Å². The van der Waals surface area contributed by atoms with Crippen LogP contribution < -0.4 is 10.6 Å². The Balaban J connectivity index is 2.09. The maximum Gasteiger partial charge on any atom is 0.200 e. The molecule has 3 rings (SSSR count). The molecule has 122 valence electrons. The Morgan fingerprint density at radius 1 is 0.958 bits per heavy atom. The lowest BCUT2D eigenvalue weighted by atomic mass is 10.1. The van der Waals surface area contributed by atoms with E-state index < -0.39 is 11.6 Å². The molecule has 0 bridgehead atoms. The minimum absolute atomic E-state index is 0.0315. The summed E-state index contributed by atoms with van der Waals surface area (Å²) in [5, 5.41) is 0.694. The summed E-state index contributed by atoms with van der Waals surface area (Å²) in [6.07, 6.45) is 0. The summed E-state index contributed by atoms with van der Waals surface area (Å²) in [5.74, 6) is -1.24. The summed E-state index contributed by atoms with van der Waals surface area (Å²) in [6, 6.07) is 15.2. The van der Waals surface area contributed by atoms with E-state index in [2.05, 4.69) is 4.99 Å². The highest BCUT2D eigenvalue weighted by Gasteiger charge is 2.13. The Morgan fingerprint density at radius 3 is 2.38 bits per heavy atom. The first-order chi connectivity index (χ1) is 11.5. The SMILES string of the molecule is Cc1cccc(N(C)C(N)=Nc2c(F)cc(F)c3ccccc23)c1. The lowest BCUT2D eigenvalue weighted by Crippen LogP contribution is -2.33. The summed E-state index contributed by atoms with van der Waals surface area (Å²) >= 11 is 0. The van der Waals surface area contributed by atoms with Gasteiger partial charge in [0.2, 0.25) is 5.96 Å². The second kappa shape index (κ2) is 6.28. The third-order valence-corrected chi connectivity index (χ3v) is 3.88. The Labute approximate surface area is 139 Å². The molecule has 0 saturated carbocycles. The fourth-order valence-electron chi connectivity index (χ4n) is 2.56. The highest BCUT2D eigenvalue weighted by atomic mass is 19.1. The molecule has 0 aromatic heterocycles. The van der Waals surface area contributed by atoms with Gasteiger partial charge in [0.25, 0.3) is 0 Å². The molecule has 0 radical (unpaired) electrons. The molecule has 0 aliphatic rings. The summed E-state index contributed by atoms with van der Waals surface area (Å²) in [7, 11) is 1.75. The first-order valence-electron chi connectivity index (χ1n) is 7.48. The van der Waals surface area contributed by atoms with E-state index in [1.54, 1.807) is 36.2 Å². The molecular formula is C19H17F2N3. The second-order valence-electron chi connectivity index (χ2n) is 5.60. The van der Waals surface area contributed by atoms with Crippen LogP contribution in [0.25, 0.3) is 10.8 Å². The van der Waals surface area contributed by atoms with Gasteiger partial charge >= 0.3 is 0 Å². The molecule has 5 heteroatoms. The van der Waals surface area contributed by atoms with Crippen molar-refractivity contribution in [1.82, 2.24) is 0 Å². The second-order valence-corrected chi connectivity index (χ2v) is 5.60. The predicted octanol–water partition coefficient (Wildman–Crippen LogP) is 4.51. The van der Waals surface area contributed by atoms with Gasteiger partial charge in [-0.25, -0.2) is 13.8 Å². The molecule has 3 nitrogen and oxygen atoms in total. The van der Waals surface area contributed by atoms with Crippen molar-refractivity contribution in [1.29, 1.82) is 0 Å². The number of nitrogens with two attached hydrogens (primary N) is 1. The average molecular weight is 325 g/mol. The summed E-state index contributed by atoms with van der Waals surface area (Å²) < 4.78 is 28.2. The number of halogens is 2. The molecule has 0 fully saturated rings. The van der Waals surface area contributed by atoms with Crippen LogP contribution in [0.5, 0.6) is 0 Å². The Hall–Kier alpha value is -2.95. The summed E-state index contributed by atoms with van der Waals surface area (Å²) in [6.45, 7) is 1.97. The van der Waals surface area contributed by atoms with E-state index in [0.717, 1.165) is 17.3 Å². The van der Waals surface area contributed by atoms with Gasteiger partial charge in [0, 0.05) is 29.6 Å². The van der Waals surface area contributed by atoms with E-state index in [9.17, 15) is 8.78 Å². The third-order valence-electron chi connectivity index (χ3n) is 3.88. The molecular weight excluding hydrogens is 308 g/mol. The number of guanidine groups is 1. The molecule has 0 aliphatic heterocycles. The number of benzene rings is 3. The van der Waals surface area contributed by atoms with Crippen molar-refractivity contribution >= 4 is 28.1 Å². The van der Waals surface area contributed by atoms with Crippen LogP contribution >= 0.6 is 0 Å². The molecule has 0 saturated heterocycles. The Bertz CT molecular complexity index is 935. The zero-order valence-corrected chi connectivity index (χ0v) is 13.4. The van der Waals surface area contributed by atoms with Gasteiger partial charge in [-0.3, -0.25) is 0 Å². The number of hydrogen-bond donors (Lipinski definition) is 1. The lowest BCUT2D eigenvalue weighted by molar-refractivity contribution is 0.593. The molecule has 0 atom stereocenters. The molecule has 0 aliphatic carbocycles. The normalized spacial score (nSPS) is 11.8. The van der Waals surface area contributed by atoms with Crippen molar-refractivity contribution < 1.29 is 8.78 Å². The molecule has 0 amide bonds. The molecule has 0 heterocycles. The van der Waals surface area contributed by atoms with Crippen LogP contribution in [0, 0.1) is 18.6 Å². The van der Waals surface area contributed by atoms with Gasteiger partial charge in [0.15, 0.2) is 5.82 Å². The van der Waals surface area contributed by atoms with Crippen LogP contribution in [0.4, 0.5) is 20.2 Å². The Kier molecular flexibility index (Phi) is 4.16. The van der Waals surface area contributed by atoms with Gasteiger partial charge < -0.3 is 10.6 Å². The quantitative estimate of drug-likeness (QED) is 0.556. The zero-order valence-electron chi connectivity index (χ0n) is 13.4. The van der Waals surface area contributed by atoms with Crippen LogP contribution in [-0.2, 0) is 0 Å². The first kappa shape index (κ1) is 15.9. The van der Waals surface area contributed by atoms with Crippen LogP contribution in [0.1, 0.15) is 5.56 Å². The highest BCUT2D eigenvalue weighted by Crippen LogP contribution is 2.31. The maximum absolute atomic E-state index is 14.2. The monoisotopic (exact) mass is 325 g/mol. The van der Waals surface area contributed by atoms with E-state index in [4.69, 9.17) is 5.73 Å². The molecule has 3 aromatic carbocycles. The fourth-order valence-corrected chi connectivity index (χ4v) is 2.56. The van der Waals surface area contributed by atoms with Gasteiger partial charge in [0.1, 0.15) is 11.5 Å². The number of anilines is 1. The van der Waals surface area contributed by atoms with Gasteiger partial charge in [-0.1, -0.05) is 36.4 Å². The third kappa shape index (κ3) is 2.93. The standard InChI is InChI=1S/C19H17F2N3/c1-12-6-5-7-13(10-12)24(2)19(22)23-18-15-9-4-3-8-14(15)16(20)11-17(18)21/h3-11H,1-2H3,(H2,22,23). The molecule has 24 heavy (non-hydrogen) atoms. The molecule has 0 spiro atoms. The number of rotatable bonds is 2. The van der Waals surface area contributed by atoms with E-state index in [0.29, 0.717) is 10.8 Å². The average Bonchev–Trinajstić information content (AvgIpc) is 2.57. The number of hydrogen-bond acceptors (Lipinski definition) is 1. The zero-order chi connectivity index (χ0) is 17.3. The molecule has 0 unspecified atom stereocenters. The van der Waals surface area contributed by atoms with Gasteiger partial charge in [-0.15, -0.1) is 0 Å². The van der Waals surface area contributed by atoms with Crippen LogP contribution in [0.3, 0.4) is 0 Å². The van der Waals surface area contributed by atoms with Crippen LogP contribution in [0.2, 0.25) is 0 Å². The van der Waals surface area contributed by atoms with E-state index in [-0.39, 0.29) is 11.6 Å². The topological polar surface area (TPSA) is 41.6 Å². The van der Waals surface area contributed by atoms with Crippen molar-refractivity contribution in [3.63, 3.8) is 0 Å². The van der Waals surface area contributed by atoms with Crippen molar-refractivity contribution in [2.45, 2.75) is 6.92 Å². The van der Waals surface area contributed by atoms with Gasteiger partial charge in [-0.05, 0) is 24.6 Å². The minimum Gasteiger partial charge on any atom is -0.369 e. The van der Waals surface area contributed by atoms with Crippen molar-refractivity contribution in [2.75, 3.05) is 11.9 Å². The van der Waals surface area contributed by atoms with Crippen molar-refractivity contribution in [3.8, 4) is 0 Å². The Morgan fingerprint density at radius 2 is 1.67 bits per heavy atom. The molecule has 3 aromatic rings. The summed E-state index contributed by atoms with van der Waals surface area (Å²) in [5.41, 5.74) is 7.99. The largest absolute Gasteiger partial charge is 0.369 e. The minimum atomic E-state index is -0.744.